The van der Waals surface area contributed by atoms with Crippen LogP contribution in [0.3, 0.4) is 0 Å². The predicted octanol–water partition coefficient (Wildman–Crippen LogP) is 0.551. The molecule has 0 aromatic heterocycles. The molecular formula is C7H13NO. The van der Waals surface area contributed by atoms with Gasteiger partial charge in [-0.25, -0.2) is 0 Å². The highest BCUT2D eigenvalue weighted by Gasteiger charge is 2.06. The van der Waals surface area contributed by atoms with Gasteiger partial charge in [0, 0.05) is 6.54 Å². The van der Waals surface area contributed by atoms with Gasteiger partial charge in [-0.2, -0.15) is 0 Å². The van der Waals surface area contributed by atoms with Crippen LogP contribution in [0.1, 0.15) is 6.42 Å². The molecular weight excluding hydrogens is 114 g/mol. The SMILES string of the molecule is C=CC1CCNCCO1. The second kappa shape index (κ2) is 3.64. The van der Waals surface area contributed by atoms with Gasteiger partial charge in [0.2, 0.25) is 0 Å². The van der Waals surface area contributed by atoms with E-state index in [1.54, 1.807) is 0 Å². The summed E-state index contributed by atoms with van der Waals surface area (Å²) >= 11 is 0. The molecule has 1 rings (SSSR count). The van der Waals surface area contributed by atoms with Crippen molar-refractivity contribution >= 4 is 0 Å². The first-order valence-electron chi connectivity index (χ1n) is 3.38. The van der Waals surface area contributed by atoms with E-state index in [-0.39, 0.29) is 6.10 Å². The van der Waals surface area contributed by atoms with E-state index in [9.17, 15) is 0 Å². The molecule has 1 fully saturated rings. The first kappa shape index (κ1) is 6.78. The zero-order chi connectivity index (χ0) is 6.53. The second-order valence-corrected chi connectivity index (χ2v) is 2.18. The summed E-state index contributed by atoms with van der Waals surface area (Å²) in [6.45, 7) is 6.52. The van der Waals surface area contributed by atoms with Gasteiger partial charge in [-0.15, -0.1) is 6.58 Å². The lowest BCUT2D eigenvalue weighted by atomic mass is 10.2. The van der Waals surface area contributed by atoms with Crippen molar-refractivity contribution in [3.63, 3.8) is 0 Å². The van der Waals surface area contributed by atoms with Crippen LogP contribution >= 0.6 is 0 Å². The third-order valence-corrected chi connectivity index (χ3v) is 1.48. The number of nitrogens with one attached hydrogen (secondary N) is 1. The van der Waals surface area contributed by atoms with Crippen LogP contribution in [0, 0.1) is 0 Å². The minimum absolute atomic E-state index is 0.278. The maximum absolute atomic E-state index is 5.37. The molecule has 0 amide bonds. The summed E-state index contributed by atoms with van der Waals surface area (Å²) in [5.74, 6) is 0. The summed E-state index contributed by atoms with van der Waals surface area (Å²) in [6.07, 6.45) is 3.20. The minimum atomic E-state index is 0.278. The number of hydrogen-bond donors (Lipinski definition) is 1. The molecule has 2 heteroatoms. The Labute approximate surface area is 55.9 Å². The highest BCUT2D eigenvalue weighted by molar-refractivity contribution is 4.81. The number of ether oxygens (including phenoxy) is 1. The number of hydrogen-bond acceptors (Lipinski definition) is 2. The normalized spacial score (nSPS) is 29.1. The third-order valence-electron chi connectivity index (χ3n) is 1.48. The molecule has 2 nitrogen and oxygen atoms in total. The van der Waals surface area contributed by atoms with E-state index < -0.39 is 0 Å². The molecule has 0 radical (unpaired) electrons. The van der Waals surface area contributed by atoms with Crippen molar-refractivity contribution in [2.45, 2.75) is 12.5 Å². The van der Waals surface area contributed by atoms with Gasteiger partial charge in [-0.1, -0.05) is 6.08 Å². The van der Waals surface area contributed by atoms with Crippen LogP contribution in [0.4, 0.5) is 0 Å². The topological polar surface area (TPSA) is 21.3 Å². The summed E-state index contributed by atoms with van der Waals surface area (Å²) in [5, 5.41) is 3.24. The lowest BCUT2D eigenvalue weighted by Gasteiger charge is -2.06. The Hall–Kier alpha value is -0.340. The van der Waals surface area contributed by atoms with Crippen molar-refractivity contribution in [1.29, 1.82) is 0 Å². The monoisotopic (exact) mass is 127 g/mol. The van der Waals surface area contributed by atoms with Crippen molar-refractivity contribution in [3.8, 4) is 0 Å². The molecule has 1 saturated heterocycles. The van der Waals surface area contributed by atoms with E-state index in [1.165, 1.54) is 0 Å². The molecule has 1 N–H and O–H groups in total. The predicted molar refractivity (Wildman–Crippen MR) is 37.4 cm³/mol. The molecule has 0 saturated carbocycles. The molecule has 1 unspecified atom stereocenters. The Morgan fingerprint density at radius 2 is 2.44 bits per heavy atom. The summed E-state index contributed by atoms with van der Waals surface area (Å²) in [7, 11) is 0. The second-order valence-electron chi connectivity index (χ2n) is 2.18. The highest BCUT2D eigenvalue weighted by atomic mass is 16.5. The van der Waals surface area contributed by atoms with E-state index in [1.807, 2.05) is 6.08 Å². The zero-order valence-corrected chi connectivity index (χ0v) is 5.60. The maximum Gasteiger partial charge on any atom is 0.0765 e. The Morgan fingerprint density at radius 1 is 1.56 bits per heavy atom. The lowest BCUT2D eigenvalue weighted by Crippen LogP contribution is -2.16. The van der Waals surface area contributed by atoms with Gasteiger partial charge in [0.15, 0.2) is 0 Å². The van der Waals surface area contributed by atoms with Crippen molar-refractivity contribution in [3.05, 3.63) is 12.7 Å². The highest BCUT2D eigenvalue weighted by Crippen LogP contribution is 2.00. The minimum Gasteiger partial charge on any atom is -0.373 e. The van der Waals surface area contributed by atoms with E-state index in [2.05, 4.69) is 11.9 Å². The van der Waals surface area contributed by atoms with Gasteiger partial charge < -0.3 is 10.1 Å². The van der Waals surface area contributed by atoms with E-state index >= 15 is 0 Å². The van der Waals surface area contributed by atoms with Crippen molar-refractivity contribution in [2.24, 2.45) is 0 Å². The molecule has 9 heavy (non-hydrogen) atoms. The van der Waals surface area contributed by atoms with E-state index in [4.69, 9.17) is 4.74 Å². The fourth-order valence-electron chi connectivity index (χ4n) is 0.921. The van der Waals surface area contributed by atoms with E-state index in [0.717, 1.165) is 26.1 Å². The first-order valence-corrected chi connectivity index (χ1v) is 3.38. The van der Waals surface area contributed by atoms with Gasteiger partial charge in [0.1, 0.15) is 0 Å². The van der Waals surface area contributed by atoms with Crippen LogP contribution in [0.15, 0.2) is 12.7 Å². The van der Waals surface area contributed by atoms with Gasteiger partial charge in [0.05, 0.1) is 12.7 Å². The summed E-state index contributed by atoms with van der Waals surface area (Å²) in [4.78, 5) is 0. The van der Waals surface area contributed by atoms with Crippen LogP contribution in [-0.2, 0) is 4.74 Å². The van der Waals surface area contributed by atoms with Crippen molar-refractivity contribution in [2.75, 3.05) is 19.7 Å². The average Bonchev–Trinajstić information content (AvgIpc) is 2.13. The van der Waals surface area contributed by atoms with Crippen LogP contribution in [-0.4, -0.2) is 25.8 Å². The molecule has 52 valence electrons. The Morgan fingerprint density at radius 3 is 3.22 bits per heavy atom. The average molecular weight is 127 g/mol. The van der Waals surface area contributed by atoms with Gasteiger partial charge in [-0.3, -0.25) is 0 Å². The fraction of sp³-hybridized carbons (Fsp3) is 0.714. The quantitative estimate of drug-likeness (QED) is 0.519. The van der Waals surface area contributed by atoms with Crippen molar-refractivity contribution in [1.82, 2.24) is 5.32 Å². The van der Waals surface area contributed by atoms with Crippen LogP contribution in [0.25, 0.3) is 0 Å². The van der Waals surface area contributed by atoms with Crippen LogP contribution in [0.5, 0.6) is 0 Å². The smallest absolute Gasteiger partial charge is 0.0765 e. The number of rotatable bonds is 1. The molecule has 0 aromatic carbocycles. The van der Waals surface area contributed by atoms with Crippen LogP contribution < -0.4 is 5.32 Å². The molecule has 1 aliphatic rings. The Bertz CT molecular complexity index is 84.9. The third kappa shape index (κ3) is 2.16. The Kier molecular flexibility index (Phi) is 2.74. The molecule has 1 atom stereocenters. The van der Waals surface area contributed by atoms with Gasteiger partial charge in [0.25, 0.3) is 0 Å². The molecule has 1 aliphatic heterocycles. The standard InChI is InChI=1S/C7H13NO/c1-2-7-3-4-8-5-6-9-7/h2,7-8H,1,3-6H2. The van der Waals surface area contributed by atoms with Gasteiger partial charge >= 0.3 is 0 Å². The largest absolute Gasteiger partial charge is 0.373 e. The molecule has 0 bridgehead atoms. The first-order chi connectivity index (χ1) is 4.43. The zero-order valence-electron chi connectivity index (χ0n) is 5.60. The molecule has 0 spiro atoms. The van der Waals surface area contributed by atoms with Crippen LogP contribution in [0.2, 0.25) is 0 Å². The van der Waals surface area contributed by atoms with E-state index in [0.29, 0.717) is 0 Å². The summed E-state index contributed by atoms with van der Waals surface area (Å²) in [6, 6.07) is 0. The summed E-state index contributed by atoms with van der Waals surface area (Å²) < 4.78 is 5.37. The fourth-order valence-corrected chi connectivity index (χ4v) is 0.921. The Balaban J connectivity index is 2.26. The van der Waals surface area contributed by atoms with Gasteiger partial charge in [-0.05, 0) is 13.0 Å². The molecule has 1 heterocycles. The lowest BCUT2D eigenvalue weighted by molar-refractivity contribution is 0.0984. The maximum atomic E-state index is 5.37. The molecule has 0 aromatic rings. The summed E-state index contributed by atoms with van der Waals surface area (Å²) in [5.41, 5.74) is 0. The molecule has 0 aliphatic carbocycles. The van der Waals surface area contributed by atoms with Crippen molar-refractivity contribution < 1.29 is 4.74 Å².